The lowest BCUT2D eigenvalue weighted by molar-refractivity contribution is -0.127. The van der Waals surface area contributed by atoms with Crippen LogP contribution in [0, 0.1) is 0 Å². The summed E-state index contributed by atoms with van der Waals surface area (Å²) in [6, 6.07) is 7.31. The van der Waals surface area contributed by atoms with Crippen molar-refractivity contribution >= 4 is 35.2 Å². The Balaban J connectivity index is 2.34. The SMILES string of the molecule is CCN(CC)C(=O)CSCC(=O)NC(C)c1ccc(Cl)cc1. The van der Waals surface area contributed by atoms with Crippen molar-refractivity contribution in [3.63, 3.8) is 0 Å². The van der Waals surface area contributed by atoms with E-state index in [1.807, 2.05) is 32.9 Å². The first-order chi connectivity index (χ1) is 10.5. The molecule has 6 heteroatoms. The predicted octanol–water partition coefficient (Wildman–Crippen LogP) is 3.12. The molecule has 0 saturated heterocycles. The minimum Gasteiger partial charge on any atom is -0.349 e. The average molecular weight is 343 g/mol. The molecule has 0 bridgehead atoms. The highest BCUT2D eigenvalue weighted by molar-refractivity contribution is 8.00. The molecule has 1 aromatic rings. The molecule has 2 amide bonds. The first kappa shape index (κ1) is 18.8. The maximum Gasteiger partial charge on any atom is 0.232 e. The van der Waals surface area contributed by atoms with E-state index >= 15 is 0 Å². The number of thioether (sulfide) groups is 1. The van der Waals surface area contributed by atoms with Crippen molar-refractivity contribution in [1.29, 1.82) is 0 Å². The molecule has 0 aliphatic carbocycles. The molecule has 0 heterocycles. The van der Waals surface area contributed by atoms with E-state index in [9.17, 15) is 9.59 Å². The average Bonchev–Trinajstić information content (AvgIpc) is 2.49. The summed E-state index contributed by atoms with van der Waals surface area (Å²) < 4.78 is 0. The third kappa shape index (κ3) is 6.28. The maximum atomic E-state index is 11.9. The highest BCUT2D eigenvalue weighted by Gasteiger charge is 2.12. The smallest absolute Gasteiger partial charge is 0.232 e. The number of halogens is 1. The van der Waals surface area contributed by atoms with Crippen LogP contribution in [0.3, 0.4) is 0 Å². The van der Waals surface area contributed by atoms with Crippen LogP contribution in [0.1, 0.15) is 32.4 Å². The van der Waals surface area contributed by atoms with Gasteiger partial charge in [-0.2, -0.15) is 0 Å². The Bertz CT molecular complexity index is 489. The zero-order valence-corrected chi connectivity index (χ0v) is 14.8. The van der Waals surface area contributed by atoms with E-state index in [1.54, 1.807) is 17.0 Å². The quantitative estimate of drug-likeness (QED) is 0.789. The van der Waals surface area contributed by atoms with Gasteiger partial charge in [0.05, 0.1) is 17.5 Å². The minimum atomic E-state index is -0.0798. The number of benzene rings is 1. The van der Waals surface area contributed by atoms with Gasteiger partial charge in [0.25, 0.3) is 0 Å². The highest BCUT2D eigenvalue weighted by Crippen LogP contribution is 2.16. The van der Waals surface area contributed by atoms with Crippen molar-refractivity contribution in [3.8, 4) is 0 Å². The van der Waals surface area contributed by atoms with Gasteiger partial charge < -0.3 is 10.2 Å². The summed E-state index contributed by atoms with van der Waals surface area (Å²) in [6.07, 6.45) is 0. The Kier molecular flexibility index (Phi) is 8.35. The van der Waals surface area contributed by atoms with E-state index in [1.165, 1.54) is 11.8 Å². The molecule has 1 atom stereocenters. The van der Waals surface area contributed by atoms with E-state index in [0.29, 0.717) is 23.9 Å². The largest absolute Gasteiger partial charge is 0.349 e. The van der Waals surface area contributed by atoms with Crippen molar-refractivity contribution < 1.29 is 9.59 Å². The number of hydrogen-bond donors (Lipinski definition) is 1. The Morgan fingerprint density at radius 1 is 1.18 bits per heavy atom. The van der Waals surface area contributed by atoms with Crippen molar-refractivity contribution in [1.82, 2.24) is 10.2 Å². The summed E-state index contributed by atoms with van der Waals surface area (Å²) in [5.74, 6) is 0.628. The fraction of sp³-hybridized carbons (Fsp3) is 0.500. The standard InChI is InChI=1S/C16H23ClN2O2S/c1-4-19(5-2)16(21)11-22-10-15(20)18-12(3)13-6-8-14(17)9-7-13/h6-9,12H,4-5,10-11H2,1-3H3,(H,18,20). The third-order valence-corrected chi connectivity index (χ3v) is 4.49. The molecule has 1 unspecified atom stereocenters. The van der Waals surface area contributed by atoms with E-state index in [0.717, 1.165) is 5.56 Å². The number of carbonyl (C=O) groups excluding carboxylic acids is 2. The fourth-order valence-corrected chi connectivity index (χ4v) is 2.87. The van der Waals surface area contributed by atoms with Crippen LogP contribution < -0.4 is 5.32 Å². The summed E-state index contributed by atoms with van der Waals surface area (Å²) in [5, 5.41) is 3.59. The second-order valence-corrected chi connectivity index (χ2v) is 6.32. The molecule has 1 rings (SSSR count). The van der Waals surface area contributed by atoms with Crippen molar-refractivity contribution in [3.05, 3.63) is 34.9 Å². The Morgan fingerprint density at radius 3 is 2.32 bits per heavy atom. The second kappa shape index (κ2) is 9.74. The molecule has 0 fully saturated rings. The molecule has 4 nitrogen and oxygen atoms in total. The number of nitrogens with zero attached hydrogens (tertiary/aromatic N) is 1. The van der Waals surface area contributed by atoms with Crippen LogP contribution in [0.15, 0.2) is 24.3 Å². The van der Waals surface area contributed by atoms with Gasteiger partial charge >= 0.3 is 0 Å². The van der Waals surface area contributed by atoms with Gasteiger partial charge in [-0.05, 0) is 38.5 Å². The van der Waals surface area contributed by atoms with Crippen LogP contribution in [0.25, 0.3) is 0 Å². The van der Waals surface area contributed by atoms with Crippen LogP contribution in [-0.2, 0) is 9.59 Å². The van der Waals surface area contributed by atoms with Crippen LogP contribution in [-0.4, -0.2) is 41.3 Å². The van der Waals surface area contributed by atoms with Gasteiger partial charge in [-0.3, -0.25) is 9.59 Å². The van der Waals surface area contributed by atoms with Gasteiger partial charge in [-0.25, -0.2) is 0 Å². The first-order valence-corrected chi connectivity index (χ1v) is 8.91. The predicted molar refractivity (Wildman–Crippen MR) is 93.3 cm³/mol. The summed E-state index contributed by atoms with van der Waals surface area (Å²) >= 11 is 7.19. The molecule has 0 aromatic heterocycles. The molecule has 0 radical (unpaired) electrons. The molecule has 1 N–H and O–H groups in total. The van der Waals surface area contributed by atoms with Crippen molar-refractivity contribution in [2.24, 2.45) is 0 Å². The molecule has 22 heavy (non-hydrogen) atoms. The van der Waals surface area contributed by atoms with E-state index in [-0.39, 0.29) is 23.6 Å². The third-order valence-electron chi connectivity index (χ3n) is 3.32. The molecule has 122 valence electrons. The van der Waals surface area contributed by atoms with Gasteiger partial charge in [0.15, 0.2) is 0 Å². The number of rotatable bonds is 8. The van der Waals surface area contributed by atoms with Crippen LogP contribution in [0.5, 0.6) is 0 Å². The molecule has 0 saturated carbocycles. The number of amides is 2. The summed E-state index contributed by atoms with van der Waals surface area (Å²) in [4.78, 5) is 25.5. The van der Waals surface area contributed by atoms with Gasteiger partial charge in [0.1, 0.15) is 0 Å². The summed E-state index contributed by atoms with van der Waals surface area (Å²) in [6.45, 7) is 7.23. The summed E-state index contributed by atoms with van der Waals surface area (Å²) in [5.41, 5.74) is 1.00. The lowest BCUT2D eigenvalue weighted by Gasteiger charge is -2.18. The normalized spacial score (nSPS) is 11.8. The Morgan fingerprint density at radius 2 is 1.77 bits per heavy atom. The topological polar surface area (TPSA) is 49.4 Å². The number of carbonyl (C=O) groups is 2. The van der Waals surface area contributed by atoms with Crippen LogP contribution in [0.2, 0.25) is 5.02 Å². The van der Waals surface area contributed by atoms with Crippen molar-refractivity contribution in [2.75, 3.05) is 24.6 Å². The van der Waals surface area contributed by atoms with Gasteiger partial charge in [-0.15, -0.1) is 11.8 Å². The van der Waals surface area contributed by atoms with Gasteiger partial charge in [-0.1, -0.05) is 23.7 Å². The molecular formula is C16H23ClN2O2S. The lowest BCUT2D eigenvalue weighted by atomic mass is 10.1. The monoisotopic (exact) mass is 342 g/mol. The Labute approximate surface area is 141 Å². The van der Waals surface area contributed by atoms with Crippen LogP contribution >= 0.6 is 23.4 Å². The molecular weight excluding hydrogens is 320 g/mol. The van der Waals surface area contributed by atoms with Crippen molar-refractivity contribution in [2.45, 2.75) is 26.8 Å². The fourth-order valence-electron chi connectivity index (χ4n) is 2.02. The Hall–Kier alpha value is -1.20. The van der Waals surface area contributed by atoms with Gasteiger partial charge in [0, 0.05) is 18.1 Å². The molecule has 0 aliphatic rings. The van der Waals surface area contributed by atoms with E-state index in [4.69, 9.17) is 11.6 Å². The summed E-state index contributed by atoms with van der Waals surface area (Å²) in [7, 11) is 0. The number of hydrogen-bond acceptors (Lipinski definition) is 3. The molecule has 1 aromatic carbocycles. The van der Waals surface area contributed by atoms with E-state index < -0.39 is 0 Å². The van der Waals surface area contributed by atoms with E-state index in [2.05, 4.69) is 5.32 Å². The zero-order valence-electron chi connectivity index (χ0n) is 13.3. The molecule has 0 spiro atoms. The number of nitrogens with one attached hydrogen (secondary N) is 1. The minimum absolute atomic E-state index is 0.0696. The zero-order chi connectivity index (χ0) is 16.5. The van der Waals surface area contributed by atoms with Crippen LogP contribution in [0.4, 0.5) is 0 Å². The second-order valence-electron chi connectivity index (χ2n) is 4.90. The lowest BCUT2D eigenvalue weighted by Crippen LogP contribution is -2.33. The first-order valence-electron chi connectivity index (χ1n) is 7.38. The molecule has 0 aliphatic heterocycles. The van der Waals surface area contributed by atoms with Gasteiger partial charge in [0.2, 0.25) is 11.8 Å². The highest BCUT2D eigenvalue weighted by atomic mass is 35.5. The maximum absolute atomic E-state index is 11.9.